The van der Waals surface area contributed by atoms with Crippen LogP contribution in [0.4, 0.5) is 5.13 Å². The van der Waals surface area contributed by atoms with Crippen LogP contribution < -0.4 is 9.80 Å². The number of anilines is 1. The zero-order valence-corrected chi connectivity index (χ0v) is 16.4. The molecule has 0 radical (unpaired) electrons. The summed E-state index contributed by atoms with van der Waals surface area (Å²) in [7, 11) is 0. The third-order valence-corrected chi connectivity index (χ3v) is 6.14. The highest BCUT2D eigenvalue weighted by molar-refractivity contribution is 7.22. The Kier molecular flexibility index (Phi) is 5.69. The Morgan fingerprint density at radius 2 is 1.89 bits per heavy atom. The van der Waals surface area contributed by atoms with Crippen molar-refractivity contribution in [3.63, 3.8) is 0 Å². The zero-order chi connectivity index (χ0) is 18.6. The minimum Gasteiger partial charge on any atom is -0.370 e. The Bertz CT molecular complexity index is 907. The van der Waals surface area contributed by atoms with Gasteiger partial charge in [0.15, 0.2) is 5.13 Å². The van der Waals surface area contributed by atoms with Crippen molar-refractivity contribution < 1.29 is 14.4 Å². The smallest absolute Gasteiger partial charge is 0.261 e. The number of hydrogen-bond donors (Lipinski definition) is 1. The number of amides is 1. The number of hydrogen-bond acceptors (Lipinski definition) is 4. The van der Waals surface area contributed by atoms with E-state index in [2.05, 4.69) is 0 Å². The summed E-state index contributed by atoms with van der Waals surface area (Å²) in [4.78, 5) is 21.2. The first kappa shape index (κ1) is 18.4. The lowest BCUT2D eigenvalue weighted by molar-refractivity contribution is -0.906. The predicted molar refractivity (Wildman–Crippen MR) is 109 cm³/mol. The van der Waals surface area contributed by atoms with Crippen molar-refractivity contribution in [3.05, 3.63) is 59.1 Å². The van der Waals surface area contributed by atoms with Gasteiger partial charge in [0.05, 0.1) is 47.1 Å². The zero-order valence-electron chi connectivity index (χ0n) is 14.9. The summed E-state index contributed by atoms with van der Waals surface area (Å²) in [5.74, 6) is -0.104. The molecule has 1 aliphatic heterocycles. The lowest BCUT2D eigenvalue weighted by Crippen LogP contribution is -3.14. The Hall–Kier alpha value is -1.99. The summed E-state index contributed by atoms with van der Waals surface area (Å²) < 4.78 is 6.51. The van der Waals surface area contributed by atoms with E-state index >= 15 is 0 Å². The number of carbonyl (C=O) groups is 1. The normalized spacial score (nSPS) is 15.1. The number of morpholine rings is 1. The van der Waals surface area contributed by atoms with Gasteiger partial charge in [-0.2, -0.15) is 0 Å². The van der Waals surface area contributed by atoms with Gasteiger partial charge >= 0.3 is 0 Å². The minimum absolute atomic E-state index is 0.104. The number of nitrogens with zero attached hydrogens (tertiary/aromatic N) is 2. The maximum absolute atomic E-state index is 13.3. The average Bonchev–Trinajstić information content (AvgIpc) is 3.13. The molecule has 2 aromatic carbocycles. The number of para-hydroxylation sites is 1. The molecule has 3 aromatic rings. The molecule has 4 rings (SSSR count). The molecule has 7 heteroatoms. The van der Waals surface area contributed by atoms with Gasteiger partial charge in [0.25, 0.3) is 5.91 Å². The van der Waals surface area contributed by atoms with Crippen LogP contribution in [-0.4, -0.2) is 50.3 Å². The molecule has 27 heavy (non-hydrogen) atoms. The molecule has 1 aromatic heterocycles. The van der Waals surface area contributed by atoms with E-state index in [4.69, 9.17) is 21.3 Å². The summed E-state index contributed by atoms with van der Waals surface area (Å²) in [5, 5.41) is 1.18. The molecule has 0 unspecified atom stereocenters. The van der Waals surface area contributed by atoms with Gasteiger partial charge in [0.1, 0.15) is 13.1 Å². The van der Waals surface area contributed by atoms with Crippen LogP contribution >= 0.6 is 22.9 Å². The molecule has 0 aliphatic carbocycles. The second kappa shape index (κ2) is 8.35. The molecule has 2 heterocycles. The lowest BCUT2D eigenvalue weighted by atomic mass is 10.2. The number of rotatable bonds is 5. The number of benzene rings is 2. The second-order valence-corrected chi connectivity index (χ2v) is 7.93. The number of aromatic nitrogens is 1. The molecule has 1 saturated heterocycles. The maximum atomic E-state index is 13.3. The molecule has 1 amide bonds. The van der Waals surface area contributed by atoms with E-state index < -0.39 is 0 Å². The number of carbonyl (C=O) groups excluding carboxylic acids is 1. The van der Waals surface area contributed by atoms with Gasteiger partial charge in [-0.1, -0.05) is 47.2 Å². The predicted octanol–water partition coefficient (Wildman–Crippen LogP) is 2.51. The van der Waals surface area contributed by atoms with Crippen LogP contribution in [0.1, 0.15) is 10.4 Å². The van der Waals surface area contributed by atoms with Gasteiger partial charge in [-0.05, 0) is 24.3 Å². The van der Waals surface area contributed by atoms with Crippen molar-refractivity contribution in [2.45, 2.75) is 0 Å². The fourth-order valence-corrected chi connectivity index (χ4v) is 4.43. The van der Waals surface area contributed by atoms with E-state index in [-0.39, 0.29) is 5.91 Å². The van der Waals surface area contributed by atoms with Gasteiger partial charge in [0, 0.05) is 0 Å². The van der Waals surface area contributed by atoms with Gasteiger partial charge < -0.3 is 9.64 Å². The summed E-state index contributed by atoms with van der Waals surface area (Å²) in [6, 6.07) is 15.1. The van der Waals surface area contributed by atoms with Crippen molar-refractivity contribution in [2.24, 2.45) is 0 Å². The molecule has 140 valence electrons. The molecule has 1 N–H and O–H groups in total. The Morgan fingerprint density at radius 3 is 2.67 bits per heavy atom. The van der Waals surface area contributed by atoms with E-state index in [0.717, 1.165) is 43.1 Å². The van der Waals surface area contributed by atoms with E-state index in [1.54, 1.807) is 17.0 Å². The molecule has 0 atom stereocenters. The molecule has 1 fully saturated rings. The van der Waals surface area contributed by atoms with E-state index in [1.807, 2.05) is 36.4 Å². The van der Waals surface area contributed by atoms with Crippen molar-refractivity contribution in [1.82, 2.24) is 4.98 Å². The third-order valence-electron chi connectivity index (χ3n) is 4.75. The molecular weight excluding hydrogens is 382 g/mol. The highest BCUT2D eigenvalue weighted by Crippen LogP contribution is 2.30. The summed E-state index contributed by atoms with van der Waals surface area (Å²) in [6.07, 6.45) is 0. The van der Waals surface area contributed by atoms with Crippen LogP contribution in [0.3, 0.4) is 0 Å². The minimum atomic E-state index is -0.104. The number of fused-ring (bicyclic) bond motifs is 1. The Morgan fingerprint density at radius 1 is 1.15 bits per heavy atom. The second-order valence-electron chi connectivity index (χ2n) is 6.51. The van der Waals surface area contributed by atoms with Crippen molar-refractivity contribution in [2.75, 3.05) is 44.3 Å². The third kappa shape index (κ3) is 4.14. The van der Waals surface area contributed by atoms with Crippen LogP contribution in [0.5, 0.6) is 0 Å². The number of halogens is 1. The van der Waals surface area contributed by atoms with Crippen LogP contribution in [-0.2, 0) is 4.74 Å². The maximum Gasteiger partial charge on any atom is 0.261 e. The van der Waals surface area contributed by atoms with Gasteiger partial charge in [-0.15, -0.1) is 0 Å². The van der Waals surface area contributed by atoms with E-state index in [0.29, 0.717) is 22.3 Å². The molecule has 0 spiro atoms. The van der Waals surface area contributed by atoms with Crippen LogP contribution in [0, 0.1) is 0 Å². The number of ether oxygens (including phenoxy) is 1. The van der Waals surface area contributed by atoms with Crippen LogP contribution in [0.15, 0.2) is 48.5 Å². The first-order valence-electron chi connectivity index (χ1n) is 9.05. The quantitative estimate of drug-likeness (QED) is 0.713. The Balaban J connectivity index is 1.63. The van der Waals surface area contributed by atoms with Crippen LogP contribution in [0.2, 0.25) is 5.02 Å². The highest BCUT2D eigenvalue weighted by Gasteiger charge is 2.25. The Labute approximate surface area is 167 Å². The van der Waals surface area contributed by atoms with Gasteiger partial charge in [-0.3, -0.25) is 9.69 Å². The largest absolute Gasteiger partial charge is 0.370 e. The van der Waals surface area contributed by atoms with Crippen molar-refractivity contribution in [3.8, 4) is 0 Å². The van der Waals surface area contributed by atoms with E-state index in [1.165, 1.54) is 16.2 Å². The number of thiazole rings is 1. The molecule has 0 bridgehead atoms. The monoisotopic (exact) mass is 402 g/mol. The van der Waals surface area contributed by atoms with E-state index in [9.17, 15) is 4.79 Å². The lowest BCUT2D eigenvalue weighted by Gasteiger charge is -2.27. The van der Waals surface area contributed by atoms with Gasteiger partial charge in [0.2, 0.25) is 0 Å². The fraction of sp³-hybridized carbons (Fsp3) is 0.300. The summed E-state index contributed by atoms with van der Waals surface area (Å²) in [6.45, 7) is 4.93. The first-order chi connectivity index (χ1) is 13.2. The molecular formula is C20H21ClN3O2S+. The molecule has 5 nitrogen and oxygen atoms in total. The number of quaternary nitrogens is 1. The van der Waals surface area contributed by atoms with Gasteiger partial charge in [-0.25, -0.2) is 4.98 Å². The highest BCUT2D eigenvalue weighted by atomic mass is 35.5. The standard InChI is InChI=1S/C20H20ClN3O2S/c21-16-6-2-1-5-15(16)19(25)24(10-9-23-11-13-26-14-12-23)20-22-17-7-3-4-8-18(17)27-20/h1-8H,9-14H2/p+1. The topological polar surface area (TPSA) is 46.9 Å². The number of nitrogens with one attached hydrogen (secondary N) is 1. The molecule has 1 aliphatic rings. The molecule has 0 saturated carbocycles. The summed E-state index contributed by atoms with van der Waals surface area (Å²) >= 11 is 7.83. The van der Waals surface area contributed by atoms with Crippen molar-refractivity contribution >= 4 is 44.2 Å². The van der Waals surface area contributed by atoms with Crippen molar-refractivity contribution in [1.29, 1.82) is 0 Å². The summed E-state index contributed by atoms with van der Waals surface area (Å²) in [5.41, 5.74) is 1.42. The SMILES string of the molecule is O=C(c1ccccc1Cl)N(CC[NH+]1CCOCC1)c1nc2ccccc2s1. The van der Waals surface area contributed by atoms with Crippen LogP contribution in [0.25, 0.3) is 10.2 Å². The average molecular weight is 403 g/mol. The fourth-order valence-electron chi connectivity index (χ4n) is 3.22. The first-order valence-corrected chi connectivity index (χ1v) is 10.2.